The minimum absolute atomic E-state index is 0.282. The molecular weight excluding hydrogens is 234 g/mol. The normalized spacial score (nSPS) is 12.9. The van der Waals surface area contributed by atoms with E-state index in [9.17, 15) is 5.11 Å². The zero-order chi connectivity index (χ0) is 13.1. The number of methoxy groups -OCH3 is 1. The van der Waals surface area contributed by atoms with E-state index in [2.05, 4.69) is 15.3 Å². The third-order valence-corrected chi connectivity index (χ3v) is 2.83. The Hall–Kier alpha value is -1.66. The lowest BCUT2D eigenvalue weighted by Crippen LogP contribution is -2.24. The highest BCUT2D eigenvalue weighted by atomic mass is 16.5. The second kappa shape index (κ2) is 5.32. The molecule has 6 heteroatoms. The number of nitrogens with one attached hydrogen (secondary N) is 1. The second-order valence-corrected chi connectivity index (χ2v) is 4.18. The number of aliphatic hydroxyl groups excluding tert-OH is 1. The number of aromatic nitrogens is 2. The van der Waals surface area contributed by atoms with Crippen molar-refractivity contribution in [1.29, 1.82) is 0 Å². The highest BCUT2D eigenvalue weighted by molar-refractivity contribution is 5.89. The van der Waals surface area contributed by atoms with Gasteiger partial charge in [-0.25, -0.2) is 9.97 Å². The predicted molar refractivity (Wildman–Crippen MR) is 67.7 cm³/mol. The van der Waals surface area contributed by atoms with Crippen LogP contribution in [0.2, 0.25) is 0 Å². The molecule has 1 atom stereocenters. The van der Waals surface area contributed by atoms with Gasteiger partial charge in [-0.1, -0.05) is 0 Å². The molecule has 0 aromatic carbocycles. The lowest BCUT2D eigenvalue weighted by molar-refractivity contribution is 0.0727. The zero-order valence-corrected chi connectivity index (χ0v) is 10.7. The van der Waals surface area contributed by atoms with Crippen LogP contribution in [0.25, 0.3) is 11.1 Å². The maximum absolute atomic E-state index is 9.60. The lowest BCUT2D eigenvalue weighted by Gasteiger charge is -2.11. The summed E-state index contributed by atoms with van der Waals surface area (Å²) >= 11 is 0. The summed E-state index contributed by atoms with van der Waals surface area (Å²) in [6.45, 7) is 4.50. The Morgan fingerprint density at radius 2 is 2.22 bits per heavy atom. The van der Waals surface area contributed by atoms with Gasteiger partial charge in [-0.3, -0.25) is 0 Å². The van der Waals surface area contributed by atoms with Crippen molar-refractivity contribution in [3.63, 3.8) is 0 Å². The van der Waals surface area contributed by atoms with Crippen LogP contribution >= 0.6 is 0 Å². The van der Waals surface area contributed by atoms with E-state index in [0.29, 0.717) is 18.1 Å². The summed E-state index contributed by atoms with van der Waals surface area (Å²) in [6, 6.07) is 0. The van der Waals surface area contributed by atoms with Gasteiger partial charge in [0, 0.05) is 19.2 Å². The Bertz CT molecular complexity index is 539. The molecule has 0 spiro atoms. The van der Waals surface area contributed by atoms with E-state index in [4.69, 9.17) is 9.15 Å². The monoisotopic (exact) mass is 251 g/mol. The number of hydrogen-bond acceptors (Lipinski definition) is 6. The topological polar surface area (TPSA) is 80.4 Å². The molecule has 2 N–H and O–H groups in total. The van der Waals surface area contributed by atoms with Crippen molar-refractivity contribution in [3.8, 4) is 0 Å². The van der Waals surface area contributed by atoms with Gasteiger partial charge in [-0.05, 0) is 13.8 Å². The highest BCUT2D eigenvalue weighted by Gasteiger charge is 2.14. The molecule has 18 heavy (non-hydrogen) atoms. The van der Waals surface area contributed by atoms with Crippen LogP contribution in [0.4, 0.5) is 5.82 Å². The van der Waals surface area contributed by atoms with Gasteiger partial charge < -0.3 is 19.6 Å². The number of ether oxygens (including phenoxy) is 1. The molecule has 2 heterocycles. The molecule has 0 aliphatic heterocycles. The Morgan fingerprint density at radius 3 is 2.94 bits per heavy atom. The van der Waals surface area contributed by atoms with Crippen LogP contribution in [0.15, 0.2) is 10.7 Å². The van der Waals surface area contributed by atoms with Crippen LogP contribution in [0.3, 0.4) is 0 Å². The third kappa shape index (κ3) is 2.44. The summed E-state index contributed by atoms with van der Waals surface area (Å²) in [5.74, 6) is 1.50. The molecule has 2 aromatic heterocycles. The van der Waals surface area contributed by atoms with Crippen LogP contribution < -0.4 is 5.32 Å². The summed E-state index contributed by atoms with van der Waals surface area (Å²) < 4.78 is 10.4. The van der Waals surface area contributed by atoms with Crippen molar-refractivity contribution in [1.82, 2.24) is 9.97 Å². The SMILES string of the molecule is COCC(O)CNc1ncnc2oc(C)c(C)c12. The first-order valence-electron chi connectivity index (χ1n) is 5.75. The van der Waals surface area contributed by atoms with Gasteiger partial charge in [0.15, 0.2) is 0 Å². The molecule has 0 fully saturated rings. The summed E-state index contributed by atoms with van der Waals surface area (Å²) in [5.41, 5.74) is 1.57. The van der Waals surface area contributed by atoms with Crippen molar-refractivity contribution < 1.29 is 14.3 Å². The van der Waals surface area contributed by atoms with E-state index in [0.717, 1.165) is 16.7 Å². The van der Waals surface area contributed by atoms with Gasteiger partial charge in [-0.2, -0.15) is 0 Å². The Morgan fingerprint density at radius 1 is 1.44 bits per heavy atom. The summed E-state index contributed by atoms with van der Waals surface area (Å²) in [4.78, 5) is 8.26. The minimum atomic E-state index is -0.576. The minimum Gasteiger partial charge on any atom is -0.443 e. The van der Waals surface area contributed by atoms with Gasteiger partial charge >= 0.3 is 0 Å². The first-order chi connectivity index (χ1) is 8.63. The van der Waals surface area contributed by atoms with Gasteiger partial charge in [0.2, 0.25) is 5.71 Å². The standard InChI is InChI=1S/C12H17N3O3/c1-7-8(2)18-12-10(7)11(14-6-15-12)13-4-9(16)5-17-3/h6,9,16H,4-5H2,1-3H3,(H,13,14,15). The average molecular weight is 251 g/mol. The quantitative estimate of drug-likeness (QED) is 0.832. The van der Waals surface area contributed by atoms with Crippen LogP contribution in [0.1, 0.15) is 11.3 Å². The molecular formula is C12H17N3O3. The summed E-state index contributed by atoms with van der Waals surface area (Å²) in [7, 11) is 1.55. The van der Waals surface area contributed by atoms with Crippen molar-refractivity contribution in [2.45, 2.75) is 20.0 Å². The maximum atomic E-state index is 9.60. The van der Waals surface area contributed by atoms with E-state index >= 15 is 0 Å². The molecule has 0 saturated carbocycles. The molecule has 2 rings (SSSR count). The van der Waals surface area contributed by atoms with Crippen molar-refractivity contribution in [3.05, 3.63) is 17.7 Å². The number of rotatable bonds is 5. The van der Waals surface area contributed by atoms with Gasteiger partial charge in [0.05, 0.1) is 18.1 Å². The number of nitrogens with zero attached hydrogens (tertiary/aromatic N) is 2. The molecule has 6 nitrogen and oxygen atoms in total. The van der Waals surface area contributed by atoms with Gasteiger partial charge in [-0.15, -0.1) is 0 Å². The van der Waals surface area contributed by atoms with E-state index in [1.54, 1.807) is 7.11 Å². The summed E-state index contributed by atoms with van der Waals surface area (Å²) in [5, 5.41) is 13.5. The number of furan rings is 1. The Balaban J connectivity index is 2.23. The Kier molecular flexibility index (Phi) is 3.78. The number of fused-ring (bicyclic) bond motifs is 1. The summed E-state index contributed by atoms with van der Waals surface area (Å²) in [6.07, 6.45) is 0.865. The van der Waals surface area contributed by atoms with Crippen molar-refractivity contribution in [2.24, 2.45) is 0 Å². The fourth-order valence-electron chi connectivity index (χ4n) is 1.78. The van der Waals surface area contributed by atoms with Crippen LogP contribution in [-0.2, 0) is 4.74 Å². The molecule has 0 aliphatic carbocycles. The predicted octanol–water partition coefficient (Wildman–Crippen LogP) is 1.26. The van der Waals surface area contributed by atoms with Crippen LogP contribution in [0.5, 0.6) is 0 Å². The molecule has 0 bridgehead atoms. The van der Waals surface area contributed by atoms with E-state index in [1.807, 2.05) is 13.8 Å². The Labute approximate surface area is 105 Å². The second-order valence-electron chi connectivity index (χ2n) is 4.18. The molecule has 0 amide bonds. The fraction of sp³-hybridized carbons (Fsp3) is 0.500. The number of anilines is 1. The lowest BCUT2D eigenvalue weighted by atomic mass is 10.2. The highest BCUT2D eigenvalue weighted by Crippen LogP contribution is 2.27. The smallest absolute Gasteiger partial charge is 0.231 e. The first kappa shape index (κ1) is 12.8. The molecule has 98 valence electrons. The molecule has 0 saturated heterocycles. The number of hydrogen-bond donors (Lipinski definition) is 2. The molecule has 0 radical (unpaired) electrons. The third-order valence-electron chi connectivity index (χ3n) is 2.83. The van der Waals surface area contributed by atoms with Crippen molar-refractivity contribution >= 4 is 16.9 Å². The van der Waals surface area contributed by atoms with Gasteiger partial charge in [0.1, 0.15) is 17.9 Å². The van der Waals surface area contributed by atoms with Crippen LogP contribution in [-0.4, -0.2) is 41.4 Å². The van der Waals surface area contributed by atoms with E-state index < -0.39 is 6.10 Å². The number of aliphatic hydroxyl groups is 1. The van der Waals surface area contributed by atoms with E-state index in [-0.39, 0.29) is 6.61 Å². The zero-order valence-electron chi connectivity index (χ0n) is 10.7. The molecule has 2 aromatic rings. The van der Waals surface area contributed by atoms with Crippen LogP contribution in [0, 0.1) is 13.8 Å². The fourth-order valence-corrected chi connectivity index (χ4v) is 1.78. The molecule has 0 aliphatic rings. The molecule has 1 unspecified atom stereocenters. The van der Waals surface area contributed by atoms with E-state index in [1.165, 1.54) is 6.33 Å². The van der Waals surface area contributed by atoms with Crippen molar-refractivity contribution in [2.75, 3.05) is 25.6 Å². The maximum Gasteiger partial charge on any atom is 0.231 e. The average Bonchev–Trinajstić information content (AvgIpc) is 2.64. The first-order valence-corrected chi connectivity index (χ1v) is 5.75. The van der Waals surface area contributed by atoms with Gasteiger partial charge in [0.25, 0.3) is 0 Å². The number of aryl methyl sites for hydroxylation is 2. The largest absolute Gasteiger partial charge is 0.443 e.